The molecule has 2 nitrogen and oxygen atoms in total. The van der Waals surface area contributed by atoms with Gasteiger partial charge in [0.25, 0.3) is 0 Å². The fourth-order valence-electron chi connectivity index (χ4n) is 3.98. The second-order valence-corrected chi connectivity index (χ2v) is 7.11. The van der Waals surface area contributed by atoms with Crippen LogP contribution in [0.1, 0.15) is 82.4 Å². The summed E-state index contributed by atoms with van der Waals surface area (Å²) in [5, 5.41) is 3.70. The molecule has 2 heteroatoms. The quantitative estimate of drug-likeness (QED) is 0.849. The molecule has 1 N–H and O–H groups in total. The summed E-state index contributed by atoms with van der Waals surface area (Å²) in [6.45, 7) is 7.74. The number of nitrogens with one attached hydrogen (secondary N) is 1. The second-order valence-electron chi connectivity index (χ2n) is 7.11. The topological polar surface area (TPSA) is 21.3 Å². The molecule has 0 bridgehead atoms. The van der Waals surface area contributed by atoms with Gasteiger partial charge in [0.2, 0.25) is 0 Å². The molecule has 1 aromatic carbocycles. The SMILES string of the molecule is CCNC1CC2(CCCCC2)Oc2ccc(C(C)C)cc21. The van der Waals surface area contributed by atoms with Gasteiger partial charge in [0.05, 0.1) is 0 Å². The monoisotopic (exact) mass is 287 g/mol. The van der Waals surface area contributed by atoms with E-state index >= 15 is 0 Å². The van der Waals surface area contributed by atoms with Crippen LogP contribution in [-0.2, 0) is 0 Å². The van der Waals surface area contributed by atoms with Gasteiger partial charge in [0.15, 0.2) is 0 Å². The number of hydrogen-bond donors (Lipinski definition) is 1. The van der Waals surface area contributed by atoms with Gasteiger partial charge in [-0.15, -0.1) is 0 Å². The summed E-state index contributed by atoms with van der Waals surface area (Å²) in [6, 6.07) is 7.28. The van der Waals surface area contributed by atoms with E-state index in [9.17, 15) is 0 Å². The first-order valence-corrected chi connectivity index (χ1v) is 8.70. The van der Waals surface area contributed by atoms with Gasteiger partial charge in [-0.3, -0.25) is 0 Å². The Morgan fingerprint density at radius 2 is 2.00 bits per heavy atom. The molecule has 1 aliphatic carbocycles. The molecule has 0 amide bonds. The molecule has 0 radical (unpaired) electrons. The van der Waals surface area contributed by atoms with E-state index in [0.29, 0.717) is 12.0 Å². The molecule has 21 heavy (non-hydrogen) atoms. The predicted octanol–water partition coefficient (Wildman–Crippen LogP) is 4.95. The zero-order valence-electron chi connectivity index (χ0n) is 13.7. The van der Waals surface area contributed by atoms with Gasteiger partial charge >= 0.3 is 0 Å². The summed E-state index contributed by atoms with van der Waals surface area (Å²) in [4.78, 5) is 0. The molecule has 1 spiro atoms. The zero-order valence-corrected chi connectivity index (χ0v) is 13.7. The summed E-state index contributed by atoms with van der Waals surface area (Å²) in [7, 11) is 0. The maximum atomic E-state index is 6.53. The highest BCUT2D eigenvalue weighted by molar-refractivity contribution is 5.43. The van der Waals surface area contributed by atoms with Crippen molar-refractivity contribution in [2.45, 2.75) is 76.9 Å². The van der Waals surface area contributed by atoms with E-state index in [1.807, 2.05) is 0 Å². The lowest BCUT2D eigenvalue weighted by atomic mass is 9.76. The minimum absolute atomic E-state index is 0.0947. The standard InChI is InChI=1S/C19H29NO/c1-4-20-17-13-19(10-6-5-7-11-19)21-18-9-8-15(14(2)3)12-16(17)18/h8-9,12,14,17,20H,4-7,10-11,13H2,1-3H3. The Hall–Kier alpha value is -1.02. The highest BCUT2D eigenvalue weighted by Crippen LogP contribution is 2.46. The molecular weight excluding hydrogens is 258 g/mol. The Balaban J connectivity index is 1.94. The van der Waals surface area contributed by atoms with Crippen molar-refractivity contribution < 1.29 is 4.74 Å². The normalized spacial score (nSPS) is 23.9. The Labute approximate surface area is 129 Å². The van der Waals surface area contributed by atoms with Crippen molar-refractivity contribution in [2.75, 3.05) is 6.54 Å². The predicted molar refractivity (Wildman–Crippen MR) is 88.0 cm³/mol. The average Bonchev–Trinajstić information content (AvgIpc) is 2.48. The highest BCUT2D eigenvalue weighted by Gasteiger charge is 2.41. The van der Waals surface area contributed by atoms with Crippen LogP contribution >= 0.6 is 0 Å². The lowest BCUT2D eigenvalue weighted by molar-refractivity contribution is -0.00248. The minimum atomic E-state index is 0.0947. The van der Waals surface area contributed by atoms with Crippen molar-refractivity contribution in [3.63, 3.8) is 0 Å². The number of benzene rings is 1. The molecule has 1 aromatic rings. The zero-order chi connectivity index (χ0) is 14.9. The molecule has 1 atom stereocenters. The Morgan fingerprint density at radius 1 is 1.24 bits per heavy atom. The van der Waals surface area contributed by atoms with Crippen molar-refractivity contribution in [3.05, 3.63) is 29.3 Å². The van der Waals surface area contributed by atoms with Crippen molar-refractivity contribution in [3.8, 4) is 5.75 Å². The largest absolute Gasteiger partial charge is 0.487 e. The van der Waals surface area contributed by atoms with E-state index in [4.69, 9.17) is 4.74 Å². The Kier molecular flexibility index (Phi) is 4.26. The third-order valence-corrected chi connectivity index (χ3v) is 5.19. The molecule has 1 aliphatic heterocycles. The highest BCUT2D eigenvalue weighted by atomic mass is 16.5. The lowest BCUT2D eigenvalue weighted by Crippen LogP contribution is -2.45. The lowest BCUT2D eigenvalue weighted by Gasteiger charge is -2.45. The van der Waals surface area contributed by atoms with Gasteiger partial charge in [-0.25, -0.2) is 0 Å². The average molecular weight is 287 g/mol. The van der Waals surface area contributed by atoms with Gasteiger partial charge in [-0.05, 0) is 49.8 Å². The third kappa shape index (κ3) is 2.96. The summed E-state index contributed by atoms with van der Waals surface area (Å²) < 4.78 is 6.53. The van der Waals surface area contributed by atoms with Gasteiger partial charge in [0.1, 0.15) is 11.4 Å². The summed E-state index contributed by atoms with van der Waals surface area (Å²) >= 11 is 0. The van der Waals surface area contributed by atoms with Crippen LogP contribution in [-0.4, -0.2) is 12.1 Å². The second kappa shape index (κ2) is 6.00. The van der Waals surface area contributed by atoms with E-state index in [0.717, 1.165) is 18.7 Å². The minimum Gasteiger partial charge on any atom is -0.487 e. The van der Waals surface area contributed by atoms with E-state index in [1.165, 1.54) is 43.2 Å². The van der Waals surface area contributed by atoms with Gasteiger partial charge in [-0.1, -0.05) is 39.3 Å². The molecule has 1 fully saturated rings. The number of fused-ring (bicyclic) bond motifs is 1. The van der Waals surface area contributed by atoms with Crippen molar-refractivity contribution in [1.29, 1.82) is 0 Å². The first-order chi connectivity index (χ1) is 10.1. The summed E-state index contributed by atoms with van der Waals surface area (Å²) in [6.07, 6.45) is 7.59. The van der Waals surface area contributed by atoms with Crippen LogP contribution in [0.5, 0.6) is 5.75 Å². The summed E-state index contributed by atoms with van der Waals surface area (Å²) in [5.41, 5.74) is 2.89. The van der Waals surface area contributed by atoms with Crippen LogP contribution in [0.2, 0.25) is 0 Å². The maximum Gasteiger partial charge on any atom is 0.124 e. The molecular formula is C19H29NO. The number of ether oxygens (including phenoxy) is 1. The van der Waals surface area contributed by atoms with Crippen LogP contribution < -0.4 is 10.1 Å². The third-order valence-electron chi connectivity index (χ3n) is 5.19. The van der Waals surface area contributed by atoms with Crippen molar-refractivity contribution in [1.82, 2.24) is 5.32 Å². The molecule has 1 unspecified atom stereocenters. The van der Waals surface area contributed by atoms with Gasteiger partial charge < -0.3 is 10.1 Å². The Morgan fingerprint density at radius 3 is 2.67 bits per heavy atom. The van der Waals surface area contributed by atoms with E-state index < -0.39 is 0 Å². The molecule has 0 aromatic heterocycles. The molecule has 116 valence electrons. The van der Waals surface area contributed by atoms with E-state index in [1.54, 1.807) is 0 Å². The van der Waals surface area contributed by atoms with E-state index in [-0.39, 0.29) is 5.60 Å². The van der Waals surface area contributed by atoms with Crippen LogP contribution in [0, 0.1) is 0 Å². The fraction of sp³-hybridized carbons (Fsp3) is 0.684. The first kappa shape index (κ1) is 14.9. The van der Waals surface area contributed by atoms with Crippen LogP contribution in [0.15, 0.2) is 18.2 Å². The van der Waals surface area contributed by atoms with E-state index in [2.05, 4.69) is 44.3 Å². The molecule has 0 saturated heterocycles. The Bertz CT molecular complexity index is 488. The molecule has 2 aliphatic rings. The van der Waals surface area contributed by atoms with Crippen molar-refractivity contribution in [2.24, 2.45) is 0 Å². The van der Waals surface area contributed by atoms with Crippen molar-refractivity contribution >= 4 is 0 Å². The molecule has 1 saturated carbocycles. The van der Waals surface area contributed by atoms with Gasteiger partial charge in [0, 0.05) is 18.0 Å². The number of hydrogen-bond acceptors (Lipinski definition) is 2. The van der Waals surface area contributed by atoms with Crippen LogP contribution in [0.4, 0.5) is 0 Å². The smallest absolute Gasteiger partial charge is 0.124 e. The van der Waals surface area contributed by atoms with Gasteiger partial charge in [-0.2, -0.15) is 0 Å². The van der Waals surface area contributed by atoms with Crippen LogP contribution in [0.3, 0.4) is 0 Å². The summed E-state index contributed by atoms with van der Waals surface area (Å²) in [5.74, 6) is 1.70. The van der Waals surface area contributed by atoms with Crippen LogP contribution in [0.25, 0.3) is 0 Å². The maximum absolute atomic E-state index is 6.53. The first-order valence-electron chi connectivity index (χ1n) is 8.70. The fourth-order valence-corrected chi connectivity index (χ4v) is 3.98. The number of rotatable bonds is 3. The molecule has 1 heterocycles. The molecule has 3 rings (SSSR count).